The van der Waals surface area contributed by atoms with Gasteiger partial charge in [0.05, 0.1) is 30.5 Å². The van der Waals surface area contributed by atoms with Gasteiger partial charge in [0, 0.05) is 34.1 Å². The zero-order valence-corrected chi connectivity index (χ0v) is 28.8. The van der Waals surface area contributed by atoms with Crippen molar-refractivity contribution < 1.29 is 58.7 Å². The molecule has 4 aromatic rings. The van der Waals surface area contributed by atoms with E-state index in [9.17, 15) is 44.1 Å². The van der Waals surface area contributed by atoms with Gasteiger partial charge in [-0.2, -0.15) is 0 Å². The average molecular weight is 728 g/mol. The first-order valence-corrected chi connectivity index (χ1v) is 16.5. The van der Waals surface area contributed by atoms with Crippen molar-refractivity contribution in [2.24, 2.45) is 5.92 Å². The number of carbonyl (C=O) groups excluding carboxylic acids is 3. The molecule has 0 aromatic heterocycles. The summed E-state index contributed by atoms with van der Waals surface area (Å²) in [5.41, 5.74) is 2.36. The number of carboxylic acids is 3. The zero-order chi connectivity index (χ0) is 38.4. The lowest BCUT2D eigenvalue weighted by Gasteiger charge is -2.28. The summed E-state index contributed by atoms with van der Waals surface area (Å²) in [6.45, 7) is 1.79. The Hall–Kier alpha value is -6.48. The number of benzene rings is 4. The number of amides is 2. The number of hydrogen-bond acceptors (Lipinski definition) is 11. The smallest absolute Gasteiger partial charge is 0.341 e. The maximum Gasteiger partial charge on any atom is 0.341 e. The maximum atomic E-state index is 13.7. The molecule has 0 radical (unpaired) electrons. The first-order valence-electron chi connectivity index (χ1n) is 16.5. The van der Waals surface area contributed by atoms with Crippen molar-refractivity contribution in [3.63, 3.8) is 0 Å². The average Bonchev–Trinajstić information content (AvgIpc) is 3.12. The summed E-state index contributed by atoms with van der Waals surface area (Å²) in [4.78, 5) is 75.9. The quantitative estimate of drug-likeness (QED) is 0.0766. The van der Waals surface area contributed by atoms with E-state index in [0.717, 1.165) is 9.80 Å². The van der Waals surface area contributed by atoms with Crippen LogP contribution in [-0.2, 0) is 25.7 Å². The fourth-order valence-corrected chi connectivity index (χ4v) is 5.83. The molecule has 0 aliphatic carbocycles. The number of nitrogens with one attached hydrogen (secondary N) is 1. The van der Waals surface area contributed by atoms with Crippen molar-refractivity contribution in [2.75, 3.05) is 43.1 Å². The monoisotopic (exact) mass is 727 g/mol. The maximum absolute atomic E-state index is 13.7. The number of ether oxygens (including phenoxy) is 2. The Morgan fingerprint density at radius 1 is 0.830 bits per heavy atom. The Bertz CT molecular complexity index is 2040. The van der Waals surface area contributed by atoms with E-state index in [2.05, 4.69) is 5.32 Å². The van der Waals surface area contributed by atoms with Gasteiger partial charge in [0.1, 0.15) is 18.8 Å². The molecule has 15 nitrogen and oxygen atoms in total. The molecule has 5 N–H and O–H groups in total. The first kappa shape index (κ1) is 37.8. The molecule has 0 saturated carbocycles. The molecule has 4 aromatic carbocycles. The molecule has 5 rings (SSSR count). The van der Waals surface area contributed by atoms with Crippen molar-refractivity contribution in [1.82, 2.24) is 4.90 Å². The summed E-state index contributed by atoms with van der Waals surface area (Å²) in [6, 6.07) is 18.8. The molecule has 0 bridgehead atoms. The van der Waals surface area contributed by atoms with Crippen LogP contribution in [0.25, 0.3) is 10.8 Å². The normalized spacial score (nSPS) is 12.8. The summed E-state index contributed by atoms with van der Waals surface area (Å²) in [5, 5.41) is 43.0. The topological polar surface area (TPSA) is 220 Å². The number of rotatable bonds is 17. The standard InChI is InChI=1S/C38H37N3O12/c1-21(2)19-53-38(51)23-8-6-22(7-9-23)16-41-36(49)26-5-3-4-25-28(12-11-27(35(25)26)37(41)50)39-15-30(42)24-10-13-29(31(14-24)52-20-34(47)48)40(17-32(43)44)18-33(45)46/h3-14,21,30,39,42H,15-20H2,1-2H3,(H,43,44)(H,45,46)(H,47,48). The number of aliphatic hydroxyl groups excluding tert-OH is 1. The number of carboxylic acid groups (broad SMARTS) is 3. The van der Waals surface area contributed by atoms with E-state index >= 15 is 0 Å². The van der Waals surface area contributed by atoms with Gasteiger partial charge >= 0.3 is 23.9 Å². The van der Waals surface area contributed by atoms with Crippen LogP contribution >= 0.6 is 0 Å². The van der Waals surface area contributed by atoms with E-state index in [4.69, 9.17) is 14.6 Å². The zero-order valence-electron chi connectivity index (χ0n) is 28.8. The van der Waals surface area contributed by atoms with Crippen LogP contribution in [0.4, 0.5) is 11.4 Å². The number of aliphatic carboxylic acids is 3. The van der Waals surface area contributed by atoms with Gasteiger partial charge in [0.2, 0.25) is 0 Å². The Morgan fingerprint density at radius 3 is 2.11 bits per heavy atom. The predicted octanol–water partition coefficient (Wildman–Crippen LogP) is 4.03. The predicted molar refractivity (Wildman–Crippen MR) is 190 cm³/mol. The van der Waals surface area contributed by atoms with Gasteiger partial charge in [-0.25, -0.2) is 9.59 Å². The lowest BCUT2D eigenvalue weighted by molar-refractivity contribution is -0.140. The largest absolute Gasteiger partial charge is 0.480 e. The van der Waals surface area contributed by atoms with Gasteiger partial charge in [-0.1, -0.05) is 44.2 Å². The summed E-state index contributed by atoms with van der Waals surface area (Å²) >= 11 is 0. The highest BCUT2D eigenvalue weighted by Gasteiger charge is 2.33. The second-order valence-corrected chi connectivity index (χ2v) is 12.7. The lowest BCUT2D eigenvalue weighted by Crippen LogP contribution is -2.39. The number of anilines is 2. The third-order valence-electron chi connectivity index (χ3n) is 8.27. The highest BCUT2D eigenvalue weighted by atomic mass is 16.5. The van der Waals surface area contributed by atoms with Crippen molar-refractivity contribution >= 4 is 57.8 Å². The Morgan fingerprint density at radius 2 is 1.49 bits per heavy atom. The van der Waals surface area contributed by atoms with Crippen LogP contribution in [0.5, 0.6) is 5.75 Å². The Kier molecular flexibility index (Phi) is 11.6. The van der Waals surface area contributed by atoms with Crippen LogP contribution in [0.1, 0.15) is 62.2 Å². The molecular weight excluding hydrogens is 690 g/mol. The summed E-state index contributed by atoms with van der Waals surface area (Å²) in [5.74, 6) is -5.40. The number of carbonyl (C=O) groups is 6. The highest BCUT2D eigenvalue weighted by Crippen LogP contribution is 2.36. The lowest BCUT2D eigenvalue weighted by atomic mass is 9.92. The van der Waals surface area contributed by atoms with Crippen LogP contribution in [0.3, 0.4) is 0 Å². The third kappa shape index (κ3) is 8.88. The van der Waals surface area contributed by atoms with Crippen molar-refractivity contribution in [3.8, 4) is 5.75 Å². The molecular formula is C38H37N3O12. The summed E-state index contributed by atoms with van der Waals surface area (Å²) < 4.78 is 10.6. The van der Waals surface area contributed by atoms with E-state index in [0.29, 0.717) is 38.7 Å². The van der Waals surface area contributed by atoms with E-state index in [-0.39, 0.29) is 42.6 Å². The number of imide groups is 1. The van der Waals surface area contributed by atoms with Crippen LogP contribution in [-0.4, -0.2) is 93.9 Å². The van der Waals surface area contributed by atoms with Crippen molar-refractivity contribution in [3.05, 3.63) is 101 Å². The second-order valence-electron chi connectivity index (χ2n) is 12.7. The van der Waals surface area contributed by atoms with Crippen LogP contribution < -0.4 is 15.0 Å². The molecule has 15 heteroatoms. The van der Waals surface area contributed by atoms with Gasteiger partial charge in [-0.05, 0) is 59.5 Å². The molecule has 1 unspecified atom stereocenters. The fraction of sp³-hybridized carbons (Fsp3) is 0.263. The minimum atomic E-state index is -1.33. The third-order valence-corrected chi connectivity index (χ3v) is 8.27. The Balaban J connectivity index is 1.34. The molecule has 1 atom stereocenters. The van der Waals surface area contributed by atoms with E-state index in [1.54, 1.807) is 54.6 Å². The van der Waals surface area contributed by atoms with E-state index < -0.39 is 61.5 Å². The number of esters is 1. The van der Waals surface area contributed by atoms with E-state index in [1.807, 2.05) is 13.8 Å². The van der Waals surface area contributed by atoms with E-state index in [1.165, 1.54) is 18.2 Å². The van der Waals surface area contributed by atoms with Gasteiger partial charge in [0.25, 0.3) is 11.8 Å². The van der Waals surface area contributed by atoms with Gasteiger partial charge in [-0.15, -0.1) is 0 Å². The summed E-state index contributed by atoms with van der Waals surface area (Å²) in [6.07, 6.45) is -1.23. The molecule has 1 aliphatic heterocycles. The first-order chi connectivity index (χ1) is 25.2. The highest BCUT2D eigenvalue weighted by molar-refractivity contribution is 6.26. The van der Waals surface area contributed by atoms with Crippen molar-refractivity contribution in [2.45, 2.75) is 26.5 Å². The number of nitrogens with zero attached hydrogens (tertiary/aromatic N) is 2. The van der Waals surface area contributed by atoms with Gasteiger partial charge < -0.3 is 40.1 Å². The van der Waals surface area contributed by atoms with Crippen LogP contribution in [0.2, 0.25) is 0 Å². The number of aliphatic hydroxyl groups is 1. The SMILES string of the molecule is CC(C)COC(=O)c1ccc(CN2C(=O)c3cccc4c(NCC(O)c5ccc(N(CC(=O)O)CC(=O)O)c(OCC(=O)O)c5)ccc(c34)C2=O)cc1. The Labute approximate surface area is 303 Å². The molecule has 1 heterocycles. The molecule has 0 fully saturated rings. The van der Waals surface area contributed by atoms with Gasteiger partial charge in [-0.3, -0.25) is 24.1 Å². The molecule has 0 saturated heterocycles. The minimum absolute atomic E-state index is 0.00530. The fourth-order valence-electron chi connectivity index (χ4n) is 5.83. The molecule has 0 spiro atoms. The van der Waals surface area contributed by atoms with Gasteiger partial charge in [0.15, 0.2) is 6.61 Å². The molecule has 276 valence electrons. The molecule has 1 aliphatic rings. The second kappa shape index (κ2) is 16.2. The molecule has 2 amide bonds. The number of hydrogen-bond donors (Lipinski definition) is 5. The summed E-state index contributed by atoms with van der Waals surface area (Å²) in [7, 11) is 0. The van der Waals surface area contributed by atoms with Crippen LogP contribution in [0.15, 0.2) is 72.8 Å². The minimum Gasteiger partial charge on any atom is -0.480 e. The van der Waals surface area contributed by atoms with Crippen LogP contribution in [0, 0.1) is 5.92 Å². The van der Waals surface area contributed by atoms with Crippen molar-refractivity contribution in [1.29, 1.82) is 0 Å². The molecule has 53 heavy (non-hydrogen) atoms.